The second-order valence-electron chi connectivity index (χ2n) is 6.57. The number of benzene rings is 1. The van der Waals surface area contributed by atoms with E-state index in [0.717, 1.165) is 11.0 Å². The van der Waals surface area contributed by atoms with E-state index in [1.54, 1.807) is 0 Å². The van der Waals surface area contributed by atoms with Crippen molar-refractivity contribution in [3.63, 3.8) is 0 Å². The summed E-state index contributed by atoms with van der Waals surface area (Å²) in [6, 6.07) is 5.64. The predicted molar refractivity (Wildman–Crippen MR) is 89.3 cm³/mol. The number of halogens is 1. The Morgan fingerprint density at radius 2 is 1.82 bits per heavy atom. The largest absolute Gasteiger partial charge is 0.494 e. The lowest BCUT2D eigenvalue weighted by Gasteiger charge is -2.32. The van der Waals surface area contributed by atoms with Crippen LogP contribution >= 0.6 is 11.6 Å². The van der Waals surface area contributed by atoms with Gasteiger partial charge in [-0.3, -0.25) is 4.79 Å². The molecule has 0 bridgehead atoms. The van der Waals surface area contributed by atoms with Gasteiger partial charge in [-0.15, -0.1) is 0 Å². The topological polar surface area (TPSA) is 47.6 Å². The van der Waals surface area contributed by atoms with Crippen LogP contribution in [0.25, 0.3) is 0 Å². The van der Waals surface area contributed by atoms with Crippen LogP contribution < -0.4 is 10.8 Å². The van der Waals surface area contributed by atoms with Gasteiger partial charge in [-0.1, -0.05) is 30.7 Å². The third kappa shape index (κ3) is 3.48. The van der Waals surface area contributed by atoms with Crippen LogP contribution in [-0.4, -0.2) is 24.2 Å². The number of hydrogen-bond donors (Lipinski definition) is 1. The molecule has 1 aliphatic rings. The summed E-state index contributed by atoms with van der Waals surface area (Å²) in [5.41, 5.74) is 1.00. The van der Waals surface area contributed by atoms with Crippen molar-refractivity contribution in [3.8, 4) is 0 Å². The van der Waals surface area contributed by atoms with Crippen LogP contribution in [0.3, 0.4) is 0 Å². The molecule has 22 heavy (non-hydrogen) atoms. The van der Waals surface area contributed by atoms with E-state index in [1.165, 1.54) is 0 Å². The Balaban J connectivity index is 2.18. The summed E-state index contributed by atoms with van der Waals surface area (Å²) in [5, 5.41) is 3.46. The van der Waals surface area contributed by atoms with Crippen molar-refractivity contribution in [2.24, 2.45) is 0 Å². The molecule has 1 saturated heterocycles. The maximum Gasteiger partial charge on any atom is 0.494 e. The van der Waals surface area contributed by atoms with E-state index < -0.39 is 7.12 Å². The summed E-state index contributed by atoms with van der Waals surface area (Å²) in [6.45, 7) is 10.3. The van der Waals surface area contributed by atoms with Gasteiger partial charge in [-0.05, 0) is 44.8 Å². The van der Waals surface area contributed by atoms with Crippen molar-refractivity contribution in [1.82, 2.24) is 5.32 Å². The van der Waals surface area contributed by atoms with Crippen molar-refractivity contribution in [2.45, 2.75) is 58.8 Å². The number of rotatable bonds is 4. The molecule has 1 heterocycles. The minimum Gasteiger partial charge on any atom is -0.399 e. The van der Waals surface area contributed by atoms with Crippen LogP contribution in [0.1, 0.15) is 46.6 Å². The lowest BCUT2D eigenvalue weighted by atomic mass is 9.78. The van der Waals surface area contributed by atoms with Crippen molar-refractivity contribution in [3.05, 3.63) is 28.8 Å². The third-order valence-corrected chi connectivity index (χ3v) is 4.76. The van der Waals surface area contributed by atoms with Gasteiger partial charge in [0.15, 0.2) is 0 Å². The van der Waals surface area contributed by atoms with Crippen molar-refractivity contribution in [2.75, 3.05) is 0 Å². The highest BCUT2D eigenvalue weighted by Gasteiger charge is 2.51. The van der Waals surface area contributed by atoms with Crippen LogP contribution in [0.2, 0.25) is 5.02 Å². The maximum absolute atomic E-state index is 11.4. The molecule has 120 valence electrons. The first kappa shape index (κ1) is 17.3. The Bertz CT molecular complexity index is 559. The molecular weight excluding hydrogens is 300 g/mol. The molecule has 0 atom stereocenters. The zero-order valence-electron chi connectivity index (χ0n) is 13.8. The summed E-state index contributed by atoms with van der Waals surface area (Å²) >= 11 is 6.21. The van der Waals surface area contributed by atoms with Gasteiger partial charge in [-0.2, -0.15) is 0 Å². The van der Waals surface area contributed by atoms with Crippen molar-refractivity contribution >= 4 is 30.1 Å². The maximum atomic E-state index is 11.4. The second-order valence-corrected chi connectivity index (χ2v) is 6.98. The second kappa shape index (κ2) is 6.22. The van der Waals surface area contributed by atoms with E-state index >= 15 is 0 Å². The zero-order chi connectivity index (χ0) is 16.5. The summed E-state index contributed by atoms with van der Waals surface area (Å²) in [6.07, 6.45) is 0.453. The van der Waals surface area contributed by atoms with Gasteiger partial charge in [0.1, 0.15) is 0 Å². The van der Waals surface area contributed by atoms with Crippen LogP contribution in [0, 0.1) is 0 Å². The van der Waals surface area contributed by atoms with Crippen molar-refractivity contribution in [1.29, 1.82) is 0 Å². The van der Waals surface area contributed by atoms with Crippen LogP contribution in [-0.2, 0) is 20.6 Å². The fraction of sp³-hybridized carbons (Fsp3) is 0.562. The molecule has 0 saturated carbocycles. The summed E-state index contributed by atoms with van der Waals surface area (Å²) in [7, 11) is -0.428. The number of nitrogens with one attached hydrogen (secondary N) is 1. The fourth-order valence-corrected chi connectivity index (χ4v) is 2.36. The third-order valence-electron chi connectivity index (χ3n) is 4.39. The SMILES string of the molecule is CCC(=O)NCc1cc(B2OC(C)(C)C(C)(C)O2)ccc1Cl. The van der Waals surface area contributed by atoms with Gasteiger partial charge < -0.3 is 14.6 Å². The first-order valence-corrected chi connectivity index (χ1v) is 7.95. The molecule has 1 N–H and O–H groups in total. The molecule has 1 fully saturated rings. The predicted octanol–water partition coefficient (Wildman–Crippen LogP) is 2.67. The molecule has 6 heteroatoms. The monoisotopic (exact) mass is 323 g/mol. The summed E-state index contributed by atoms with van der Waals surface area (Å²) in [5.74, 6) is -0.00268. The average Bonchev–Trinajstić information content (AvgIpc) is 2.66. The Kier molecular flexibility index (Phi) is 4.90. The lowest BCUT2D eigenvalue weighted by molar-refractivity contribution is -0.120. The number of hydrogen-bond acceptors (Lipinski definition) is 3. The minimum atomic E-state index is -0.428. The van der Waals surface area contributed by atoms with Gasteiger partial charge >= 0.3 is 7.12 Å². The molecule has 2 rings (SSSR count). The van der Waals surface area contributed by atoms with E-state index in [-0.39, 0.29) is 17.1 Å². The molecule has 0 spiro atoms. The standard InChI is InChI=1S/C16H23BClNO3/c1-6-14(20)19-10-11-9-12(7-8-13(11)18)17-21-15(2,3)16(4,5)22-17/h7-9H,6,10H2,1-5H3,(H,19,20). The molecule has 4 nitrogen and oxygen atoms in total. The first-order chi connectivity index (χ1) is 10.2. The Labute approximate surface area is 137 Å². The average molecular weight is 324 g/mol. The van der Waals surface area contributed by atoms with Crippen LogP contribution in [0.5, 0.6) is 0 Å². The molecule has 1 amide bonds. The fourth-order valence-electron chi connectivity index (χ4n) is 2.17. The lowest BCUT2D eigenvalue weighted by Crippen LogP contribution is -2.41. The van der Waals surface area contributed by atoms with Gasteiger partial charge in [0.25, 0.3) is 0 Å². The van der Waals surface area contributed by atoms with E-state index in [1.807, 2.05) is 52.8 Å². The molecule has 0 unspecified atom stereocenters. The number of amides is 1. The van der Waals surface area contributed by atoms with Crippen molar-refractivity contribution < 1.29 is 14.1 Å². The quantitative estimate of drug-likeness (QED) is 0.867. The molecule has 1 aromatic rings. The number of carbonyl (C=O) groups is 1. The Morgan fingerprint density at radius 1 is 1.23 bits per heavy atom. The molecule has 1 aliphatic heterocycles. The highest BCUT2D eigenvalue weighted by atomic mass is 35.5. The van der Waals surface area contributed by atoms with Gasteiger partial charge in [0, 0.05) is 18.0 Å². The molecule has 0 radical (unpaired) electrons. The van der Waals surface area contributed by atoms with E-state index in [0.29, 0.717) is 18.0 Å². The molecule has 0 aliphatic carbocycles. The molecule has 1 aromatic carbocycles. The van der Waals surface area contributed by atoms with Gasteiger partial charge in [-0.25, -0.2) is 0 Å². The highest BCUT2D eigenvalue weighted by molar-refractivity contribution is 6.62. The van der Waals surface area contributed by atoms with E-state index in [2.05, 4.69) is 5.32 Å². The normalized spacial score (nSPS) is 19.3. The molecule has 0 aromatic heterocycles. The smallest absolute Gasteiger partial charge is 0.399 e. The highest BCUT2D eigenvalue weighted by Crippen LogP contribution is 2.36. The summed E-state index contributed by atoms with van der Waals surface area (Å²) in [4.78, 5) is 11.4. The van der Waals surface area contributed by atoms with Gasteiger partial charge in [0.05, 0.1) is 11.2 Å². The first-order valence-electron chi connectivity index (χ1n) is 7.57. The van der Waals surface area contributed by atoms with Crippen LogP contribution in [0.15, 0.2) is 18.2 Å². The van der Waals surface area contributed by atoms with E-state index in [9.17, 15) is 4.79 Å². The Hall–Kier alpha value is -1.04. The summed E-state index contributed by atoms with van der Waals surface area (Å²) < 4.78 is 12.1. The Morgan fingerprint density at radius 3 is 2.36 bits per heavy atom. The number of carbonyl (C=O) groups excluding carboxylic acids is 1. The van der Waals surface area contributed by atoms with Gasteiger partial charge in [0.2, 0.25) is 5.91 Å². The van der Waals surface area contributed by atoms with E-state index in [4.69, 9.17) is 20.9 Å². The zero-order valence-corrected chi connectivity index (χ0v) is 14.6. The minimum absolute atomic E-state index is 0.00268. The van der Waals surface area contributed by atoms with Crippen LogP contribution in [0.4, 0.5) is 0 Å². The molecular formula is C16H23BClNO3.